The van der Waals surface area contributed by atoms with Gasteiger partial charge in [0.05, 0.1) is 4.90 Å². The third-order valence-electron chi connectivity index (χ3n) is 3.21. The predicted octanol–water partition coefficient (Wildman–Crippen LogP) is -0.192. The Morgan fingerprint density at radius 1 is 1.30 bits per heavy atom. The van der Waals surface area contributed by atoms with Crippen LogP contribution in [-0.4, -0.2) is 47.0 Å². The van der Waals surface area contributed by atoms with E-state index in [9.17, 15) is 21.2 Å². The molecule has 0 radical (unpaired) electrons. The molecule has 1 fully saturated rings. The van der Waals surface area contributed by atoms with Crippen LogP contribution in [0.25, 0.3) is 0 Å². The van der Waals surface area contributed by atoms with Crippen LogP contribution in [0.4, 0.5) is 4.39 Å². The van der Waals surface area contributed by atoms with E-state index in [1.54, 1.807) is 0 Å². The summed E-state index contributed by atoms with van der Waals surface area (Å²) >= 11 is 0. The molecule has 0 bridgehead atoms. The van der Waals surface area contributed by atoms with Crippen LogP contribution in [-0.2, 0) is 19.9 Å². The lowest BCUT2D eigenvalue weighted by Gasteiger charge is -2.37. The van der Waals surface area contributed by atoms with Gasteiger partial charge in [-0.3, -0.25) is 0 Å². The van der Waals surface area contributed by atoms with E-state index in [0.29, 0.717) is 6.54 Å². The summed E-state index contributed by atoms with van der Waals surface area (Å²) in [5, 5.41) is 0. The number of rotatable bonds is 4. The lowest BCUT2D eigenvalue weighted by Crippen LogP contribution is -2.52. The van der Waals surface area contributed by atoms with Crippen LogP contribution in [0.3, 0.4) is 0 Å². The fourth-order valence-corrected chi connectivity index (χ4v) is 4.32. The average Bonchev–Trinajstić information content (AvgIpc) is 2.25. The Labute approximate surface area is 117 Å². The average molecular weight is 322 g/mol. The SMILES string of the molecule is CS(=O)(=O)c1ccc(F)c(S(=O)(=O)N2CC(CN)C2)c1. The van der Waals surface area contributed by atoms with Crippen molar-refractivity contribution in [1.82, 2.24) is 4.31 Å². The van der Waals surface area contributed by atoms with Crippen LogP contribution in [0.5, 0.6) is 0 Å². The quantitative estimate of drug-likeness (QED) is 0.775. The van der Waals surface area contributed by atoms with Crippen molar-refractivity contribution in [2.45, 2.75) is 9.79 Å². The van der Waals surface area contributed by atoms with Crippen molar-refractivity contribution in [3.63, 3.8) is 0 Å². The molecule has 0 amide bonds. The number of benzene rings is 1. The summed E-state index contributed by atoms with van der Waals surface area (Å²) < 4.78 is 62.1. The van der Waals surface area contributed by atoms with Gasteiger partial charge >= 0.3 is 0 Å². The van der Waals surface area contributed by atoms with E-state index in [2.05, 4.69) is 0 Å². The maximum atomic E-state index is 13.7. The molecule has 0 aliphatic carbocycles. The molecule has 2 rings (SSSR count). The Hall–Kier alpha value is -1.03. The lowest BCUT2D eigenvalue weighted by molar-refractivity contribution is 0.206. The molecule has 0 aromatic heterocycles. The van der Waals surface area contributed by atoms with Crippen molar-refractivity contribution in [3.05, 3.63) is 24.0 Å². The molecule has 1 aromatic carbocycles. The second kappa shape index (κ2) is 5.06. The second-order valence-electron chi connectivity index (χ2n) is 4.79. The first-order valence-corrected chi connectivity index (χ1v) is 9.19. The molecule has 20 heavy (non-hydrogen) atoms. The minimum absolute atomic E-state index is 0.0610. The third-order valence-corrected chi connectivity index (χ3v) is 6.16. The minimum Gasteiger partial charge on any atom is -0.330 e. The maximum Gasteiger partial charge on any atom is 0.246 e. The monoisotopic (exact) mass is 322 g/mol. The van der Waals surface area contributed by atoms with Crippen LogP contribution in [0.1, 0.15) is 0 Å². The van der Waals surface area contributed by atoms with Crippen LogP contribution in [0, 0.1) is 11.7 Å². The van der Waals surface area contributed by atoms with Gasteiger partial charge in [-0.25, -0.2) is 21.2 Å². The Bertz CT molecular complexity index is 725. The number of hydrogen-bond donors (Lipinski definition) is 1. The van der Waals surface area contributed by atoms with Crippen LogP contribution < -0.4 is 5.73 Å². The van der Waals surface area contributed by atoms with Gasteiger partial charge in [-0.2, -0.15) is 4.31 Å². The highest BCUT2D eigenvalue weighted by Gasteiger charge is 2.37. The minimum atomic E-state index is -4.02. The Kier molecular flexibility index (Phi) is 3.89. The Morgan fingerprint density at radius 3 is 2.40 bits per heavy atom. The molecule has 1 saturated heterocycles. The Morgan fingerprint density at radius 2 is 1.90 bits per heavy atom. The number of sulfonamides is 1. The van der Waals surface area contributed by atoms with Crippen molar-refractivity contribution >= 4 is 19.9 Å². The van der Waals surface area contributed by atoms with E-state index >= 15 is 0 Å². The molecular weight excluding hydrogens is 307 g/mol. The van der Waals surface area contributed by atoms with Crippen LogP contribution in [0.15, 0.2) is 28.0 Å². The number of nitrogens with two attached hydrogens (primary N) is 1. The summed E-state index contributed by atoms with van der Waals surface area (Å²) in [6.45, 7) is 0.806. The van der Waals surface area contributed by atoms with E-state index in [0.717, 1.165) is 28.8 Å². The first-order valence-electron chi connectivity index (χ1n) is 5.86. The first kappa shape index (κ1) is 15.4. The van der Waals surface area contributed by atoms with Gasteiger partial charge in [0.15, 0.2) is 9.84 Å². The molecule has 0 saturated carbocycles. The molecule has 1 heterocycles. The van der Waals surface area contributed by atoms with Crippen molar-refractivity contribution in [3.8, 4) is 0 Å². The van der Waals surface area contributed by atoms with Gasteiger partial charge in [0.1, 0.15) is 10.7 Å². The summed E-state index contributed by atoms with van der Waals surface area (Å²) in [7, 11) is -7.62. The summed E-state index contributed by atoms with van der Waals surface area (Å²) in [5.41, 5.74) is 5.41. The number of halogens is 1. The molecular formula is C11H15FN2O4S2. The predicted molar refractivity (Wildman–Crippen MR) is 70.8 cm³/mol. The van der Waals surface area contributed by atoms with Gasteiger partial charge < -0.3 is 5.73 Å². The smallest absolute Gasteiger partial charge is 0.246 e. The molecule has 1 aromatic rings. The number of sulfone groups is 1. The molecule has 0 spiro atoms. The van der Waals surface area contributed by atoms with Crippen molar-refractivity contribution in [1.29, 1.82) is 0 Å². The van der Waals surface area contributed by atoms with Crippen LogP contribution in [0.2, 0.25) is 0 Å². The topological polar surface area (TPSA) is 97.5 Å². The molecule has 112 valence electrons. The maximum absolute atomic E-state index is 13.7. The molecule has 6 nitrogen and oxygen atoms in total. The normalized spacial score (nSPS) is 17.9. The van der Waals surface area contributed by atoms with Crippen molar-refractivity contribution < 1.29 is 21.2 Å². The Balaban J connectivity index is 2.42. The number of nitrogens with zero attached hydrogens (tertiary/aromatic N) is 1. The largest absolute Gasteiger partial charge is 0.330 e. The van der Waals surface area contributed by atoms with E-state index in [1.165, 1.54) is 0 Å². The number of hydrogen-bond acceptors (Lipinski definition) is 5. The highest BCUT2D eigenvalue weighted by molar-refractivity contribution is 7.91. The molecule has 0 unspecified atom stereocenters. The van der Waals surface area contributed by atoms with Gasteiger partial charge in [-0.1, -0.05) is 0 Å². The second-order valence-corrected chi connectivity index (χ2v) is 8.71. The first-order chi connectivity index (χ1) is 9.16. The fraction of sp³-hybridized carbons (Fsp3) is 0.455. The summed E-state index contributed by atoms with van der Waals surface area (Å²) in [6.07, 6.45) is 0.935. The van der Waals surface area contributed by atoms with Gasteiger partial charge in [-0.15, -0.1) is 0 Å². The summed E-state index contributed by atoms with van der Waals surface area (Å²) in [5.74, 6) is -0.903. The van der Waals surface area contributed by atoms with Crippen molar-refractivity contribution in [2.75, 3.05) is 25.9 Å². The third kappa shape index (κ3) is 2.71. The van der Waals surface area contributed by atoms with E-state index in [-0.39, 0.29) is 23.9 Å². The van der Waals surface area contributed by atoms with E-state index in [4.69, 9.17) is 5.73 Å². The van der Waals surface area contributed by atoms with Gasteiger partial charge in [0.2, 0.25) is 10.0 Å². The zero-order valence-corrected chi connectivity index (χ0v) is 12.4. The highest BCUT2D eigenvalue weighted by Crippen LogP contribution is 2.27. The fourth-order valence-electron chi connectivity index (χ4n) is 1.92. The zero-order chi connectivity index (χ0) is 15.1. The summed E-state index contributed by atoms with van der Waals surface area (Å²) in [6, 6.07) is 2.75. The summed E-state index contributed by atoms with van der Waals surface area (Å²) in [4.78, 5) is -0.843. The zero-order valence-electron chi connectivity index (χ0n) is 10.8. The van der Waals surface area contributed by atoms with E-state index < -0.39 is 30.6 Å². The molecule has 1 aliphatic rings. The van der Waals surface area contributed by atoms with Crippen LogP contribution >= 0.6 is 0 Å². The van der Waals surface area contributed by atoms with Gasteiger partial charge in [-0.05, 0) is 30.7 Å². The van der Waals surface area contributed by atoms with E-state index in [1.807, 2.05) is 0 Å². The molecule has 9 heteroatoms. The lowest BCUT2D eigenvalue weighted by atomic mass is 10.0. The molecule has 0 atom stereocenters. The standard InChI is InChI=1S/C11H15FN2O4S2/c1-19(15,16)9-2-3-10(12)11(4-9)20(17,18)14-6-8(5-13)7-14/h2-4,8H,5-7,13H2,1H3. The highest BCUT2D eigenvalue weighted by atomic mass is 32.2. The molecule has 1 aliphatic heterocycles. The molecule has 2 N–H and O–H groups in total. The van der Waals surface area contributed by atoms with Gasteiger partial charge in [0.25, 0.3) is 0 Å². The van der Waals surface area contributed by atoms with Gasteiger partial charge in [0, 0.05) is 19.3 Å². The van der Waals surface area contributed by atoms with Crippen molar-refractivity contribution in [2.24, 2.45) is 11.7 Å².